The Morgan fingerprint density at radius 1 is 1.14 bits per heavy atom. The molecule has 3 heterocycles. The summed E-state index contributed by atoms with van der Waals surface area (Å²) in [6, 6.07) is 9.18. The molecule has 1 aromatic carbocycles. The molecule has 0 unspecified atom stereocenters. The van der Waals surface area contributed by atoms with Crippen LogP contribution >= 0.6 is 35.0 Å². The minimum atomic E-state index is 0.444. The third-order valence-electron chi connectivity index (χ3n) is 2.85. The van der Waals surface area contributed by atoms with Gasteiger partial charge >= 0.3 is 0 Å². The van der Waals surface area contributed by atoms with Crippen molar-refractivity contribution < 1.29 is 4.42 Å². The molecule has 0 spiro atoms. The normalized spacial score (nSPS) is 11.5. The fraction of sp³-hybridized carbons (Fsp3) is 0. The standard InChI is InChI=1S/C13H6Cl2N4OS/c14-7-5-8(15)11-17-18-12(19(11)6-7)21-13-16-9-3-1-2-4-10(9)20-13/h1-6H. The second-order valence-electron chi connectivity index (χ2n) is 4.23. The van der Waals surface area contributed by atoms with E-state index in [1.54, 1.807) is 16.7 Å². The van der Waals surface area contributed by atoms with Crippen LogP contribution in [0, 0.1) is 0 Å². The molecule has 0 saturated heterocycles. The lowest BCUT2D eigenvalue weighted by atomic mass is 10.3. The zero-order valence-corrected chi connectivity index (χ0v) is 12.7. The number of aromatic nitrogens is 4. The maximum atomic E-state index is 6.09. The molecule has 0 amide bonds. The molecule has 0 bridgehead atoms. The van der Waals surface area contributed by atoms with Crippen LogP contribution in [-0.4, -0.2) is 19.6 Å². The van der Waals surface area contributed by atoms with Gasteiger partial charge in [0.2, 0.25) is 5.16 Å². The third-order valence-corrected chi connectivity index (χ3v) is 4.14. The van der Waals surface area contributed by atoms with Gasteiger partial charge in [0.15, 0.2) is 11.2 Å². The van der Waals surface area contributed by atoms with E-state index in [1.165, 1.54) is 11.8 Å². The quantitative estimate of drug-likeness (QED) is 0.545. The van der Waals surface area contributed by atoms with Crippen LogP contribution in [0.15, 0.2) is 51.3 Å². The number of rotatable bonds is 2. The third kappa shape index (κ3) is 2.25. The Bertz CT molecular complexity index is 932. The highest BCUT2D eigenvalue weighted by molar-refractivity contribution is 7.99. The maximum Gasteiger partial charge on any atom is 0.264 e. The zero-order chi connectivity index (χ0) is 14.4. The molecule has 4 aromatic rings. The zero-order valence-electron chi connectivity index (χ0n) is 10.3. The minimum Gasteiger partial charge on any atom is -0.431 e. The van der Waals surface area contributed by atoms with Gasteiger partial charge in [0.1, 0.15) is 5.52 Å². The molecule has 0 atom stereocenters. The van der Waals surface area contributed by atoms with Crippen LogP contribution in [-0.2, 0) is 0 Å². The highest BCUT2D eigenvalue weighted by atomic mass is 35.5. The van der Waals surface area contributed by atoms with E-state index in [4.69, 9.17) is 27.6 Å². The summed E-state index contributed by atoms with van der Waals surface area (Å²) in [5, 5.41) is 10.2. The van der Waals surface area contributed by atoms with Crippen molar-refractivity contribution in [3.63, 3.8) is 0 Å². The van der Waals surface area contributed by atoms with Gasteiger partial charge in [-0.25, -0.2) is 4.98 Å². The van der Waals surface area contributed by atoms with E-state index in [-0.39, 0.29) is 0 Å². The Hall–Kier alpha value is -1.76. The minimum absolute atomic E-state index is 0.444. The number of nitrogens with zero attached hydrogens (tertiary/aromatic N) is 4. The molecule has 0 N–H and O–H groups in total. The molecule has 104 valence electrons. The first kappa shape index (κ1) is 12.9. The van der Waals surface area contributed by atoms with Gasteiger partial charge in [-0.1, -0.05) is 35.3 Å². The van der Waals surface area contributed by atoms with Gasteiger partial charge in [-0.05, 0) is 18.2 Å². The predicted molar refractivity (Wildman–Crippen MR) is 81.1 cm³/mol. The SMILES string of the molecule is Clc1cc(Cl)c2nnc(Sc3nc4ccccc4o3)n2c1. The molecular weight excluding hydrogens is 331 g/mol. The Kier molecular flexibility index (Phi) is 3.02. The lowest BCUT2D eigenvalue weighted by Crippen LogP contribution is -1.88. The van der Waals surface area contributed by atoms with Gasteiger partial charge < -0.3 is 4.42 Å². The number of halogens is 2. The first-order valence-corrected chi connectivity index (χ1v) is 7.51. The number of para-hydroxylation sites is 2. The first-order valence-electron chi connectivity index (χ1n) is 5.94. The summed E-state index contributed by atoms with van der Waals surface area (Å²) in [6.07, 6.45) is 1.70. The topological polar surface area (TPSA) is 56.2 Å². The molecule has 0 aliphatic carbocycles. The average Bonchev–Trinajstić information content (AvgIpc) is 3.03. The molecule has 0 saturated carbocycles. The van der Waals surface area contributed by atoms with E-state index in [2.05, 4.69) is 15.2 Å². The van der Waals surface area contributed by atoms with E-state index >= 15 is 0 Å². The number of oxazole rings is 1. The van der Waals surface area contributed by atoms with E-state index in [0.717, 1.165) is 11.1 Å². The van der Waals surface area contributed by atoms with Crippen molar-refractivity contribution in [2.45, 2.75) is 10.4 Å². The molecule has 21 heavy (non-hydrogen) atoms. The fourth-order valence-corrected chi connectivity index (χ4v) is 3.20. The summed E-state index contributed by atoms with van der Waals surface area (Å²) < 4.78 is 7.37. The van der Waals surface area contributed by atoms with Gasteiger partial charge in [-0.15, -0.1) is 10.2 Å². The van der Waals surface area contributed by atoms with Crippen LogP contribution < -0.4 is 0 Å². The summed E-state index contributed by atoms with van der Waals surface area (Å²) >= 11 is 13.4. The van der Waals surface area contributed by atoms with E-state index < -0.39 is 0 Å². The molecule has 0 radical (unpaired) electrons. The van der Waals surface area contributed by atoms with Crippen molar-refractivity contribution >= 4 is 51.7 Å². The predicted octanol–water partition coefficient (Wildman–Crippen LogP) is 4.33. The van der Waals surface area contributed by atoms with Crippen LogP contribution in [0.5, 0.6) is 0 Å². The molecule has 5 nitrogen and oxygen atoms in total. The second kappa shape index (κ2) is 4.91. The monoisotopic (exact) mass is 336 g/mol. The Morgan fingerprint density at radius 3 is 2.86 bits per heavy atom. The number of benzene rings is 1. The lowest BCUT2D eigenvalue weighted by molar-refractivity contribution is 0.488. The molecular formula is C13H6Cl2N4OS. The molecule has 3 aromatic heterocycles. The number of pyridine rings is 1. The van der Waals surface area contributed by atoms with Crippen molar-refractivity contribution in [1.82, 2.24) is 19.6 Å². The van der Waals surface area contributed by atoms with E-state index in [9.17, 15) is 0 Å². The van der Waals surface area contributed by atoms with Gasteiger partial charge in [0.25, 0.3) is 5.22 Å². The van der Waals surface area contributed by atoms with Crippen molar-refractivity contribution in [2.75, 3.05) is 0 Å². The van der Waals surface area contributed by atoms with Crippen LogP contribution in [0.4, 0.5) is 0 Å². The maximum absolute atomic E-state index is 6.09. The second-order valence-corrected chi connectivity index (χ2v) is 5.99. The number of hydrogen-bond donors (Lipinski definition) is 0. The average molecular weight is 337 g/mol. The van der Waals surface area contributed by atoms with Gasteiger partial charge in [-0.3, -0.25) is 4.40 Å². The van der Waals surface area contributed by atoms with Crippen molar-refractivity contribution in [3.8, 4) is 0 Å². The molecule has 8 heteroatoms. The molecule has 0 fully saturated rings. The highest BCUT2D eigenvalue weighted by Crippen LogP contribution is 2.31. The summed E-state index contributed by atoms with van der Waals surface area (Å²) in [4.78, 5) is 4.39. The molecule has 4 rings (SSSR count). The lowest BCUT2D eigenvalue weighted by Gasteiger charge is -1.99. The summed E-state index contributed by atoms with van der Waals surface area (Å²) in [6.45, 7) is 0. The smallest absolute Gasteiger partial charge is 0.264 e. The summed E-state index contributed by atoms with van der Waals surface area (Å²) in [7, 11) is 0. The number of fused-ring (bicyclic) bond motifs is 2. The van der Waals surface area contributed by atoms with Crippen LogP contribution in [0.1, 0.15) is 0 Å². The molecule has 0 aliphatic heterocycles. The Morgan fingerprint density at radius 2 is 2.00 bits per heavy atom. The van der Waals surface area contributed by atoms with Crippen LogP contribution in [0.2, 0.25) is 10.0 Å². The van der Waals surface area contributed by atoms with E-state index in [0.29, 0.717) is 26.1 Å². The van der Waals surface area contributed by atoms with Crippen LogP contribution in [0.25, 0.3) is 16.7 Å². The van der Waals surface area contributed by atoms with Gasteiger partial charge in [0, 0.05) is 18.0 Å². The van der Waals surface area contributed by atoms with Gasteiger partial charge in [-0.2, -0.15) is 0 Å². The fourth-order valence-electron chi connectivity index (χ4n) is 1.94. The summed E-state index contributed by atoms with van der Waals surface area (Å²) in [5.41, 5.74) is 2.06. The van der Waals surface area contributed by atoms with E-state index in [1.807, 2.05) is 24.3 Å². The Labute approximate surface area is 132 Å². The van der Waals surface area contributed by atoms with Crippen LogP contribution in [0.3, 0.4) is 0 Å². The van der Waals surface area contributed by atoms with Gasteiger partial charge in [0.05, 0.1) is 10.0 Å². The van der Waals surface area contributed by atoms with Crippen molar-refractivity contribution in [1.29, 1.82) is 0 Å². The molecule has 0 aliphatic rings. The first-order chi connectivity index (χ1) is 10.2. The summed E-state index contributed by atoms with van der Waals surface area (Å²) in [5.74, 6) is 0. The van der Waals surface area contributed by atoms with Crippen molar-refractivity contribution in [2.24, 2.45) is 0 Å². The number of hydrogen-bond acceptors (Lipinski definition) is 5. The highest BCUT2D eigenvalue weighted by Gasteiger charge is 2.14. The Balaban J connectivity index is 1.80. The largest absolute Gasteiger partial charge is 0.431 e. The van der Waals surface area contributed by atoms with Crippen molar-refractivity contribution in [3.05, 3.63) is 46.6 Å².